The minimum Gasteiger partial charge on any atom is -0.329 e. The van der Waals surface area contributed by atoms with Gasteiger partial charge in [-0.05, 0) is 23.5 Å². The molecule has 1 N–H and O–H groups in total. The van der Waals surface area contributed by atoms with Crippen molar-refractivity contribution < 1.29 is 0 Å². The van der Waals surface area contributed by atoms with Crippen molar-refractivity contribution in [3.63, 3.8) is 0 Å². The molecule has 0 radical (unpaired) electrons. The highest BCUT2D eigenvalue weighted by Gasteiger charge is 1.99. The van der Waals surface area contributed by atoms with Gasteiger partial charge in [0.15, 0.2) is 0 Å². The molecule has 0 bridgehead atoms. The van der Waals surface area contributed by atoms with Crippen LogP contribution in [0.15, 0.2) is 59.1 Å². The molecule has 0 saturated heterocycles. The Kier molecular flexibility index (Phi) is 3.20. The largest absolute Gasteiger partial charge is 0.329 e. The number of hydrogen-bond acceptors (Lipinski definition) is 1. The predicted molar refractivity (Wildman–Crippen MR) is 66.3 cm³/mol. The quantitative estimate of drug-likeness (QED) is 0.804. The summed E-state index contributed by atoms with van der Waals surface area (Å²) in [5.74, 6) is 0.490. The van der Waals surface area contributed by atoms with Gasteiger partial charge >= 0.3 is 0 Å². The van der Waals surface area contributed by atoms with Gasteiger partial charge in [-0.25, -0.2) is 0 Å². The lowest BCUT2D eigenvalue weighted by atomic mass is 10.1. The van der Waals surface area contributed by atoms with Crippen molar-refractivity contribution in [1.29, 1.82) is 0 Å². The van der Waals surface area contributed by atoms with Crippen LogP contribution in [-0.2, 0) is 6.42 Å². The lowest BCUT2D eigenvalue weighted by Gasteiger charge is -2.01. The van der Waals surface area contributed by atoms with Gasteiger partial charge in [0.05, 0.1) is 0 Å². The first-order valence-electron chi connectivity index (χ1n) is 5.47. The Bertz CT molecular complexity index is 485. The van der Waals surface area contributed by atoms with Gasteiger partial charge in [0.1, 0.15) is 0 Å². The zero-order valence-corrected chi connectivity index (χ0v) is 9.31. The molecule has 2 rings (SSSR count). The topological polar surface area (TPSA) is 32.9 Å². The first-order valence-corrected chi connectivity index (χ1v) is 5.47. The van der Waals surface area contributed by atoms with Crippen molar-refractivity contribution in [2.75, 3.05) is 0 Å². The molecule has 1 heterocycles. The van der Waals surface area contributed by atoms with Crippen LogP contribution >= 0.6 is 0 Å². The van der Waals surface area contributed by atoms with E-state index in [1.54, 1.807) is 12.3 Å². The summed E-state index contributed by atoms with van der Waals surface area (Å²) in [6.45, 7) is 2.16. The van der Waals surface area contributed by atoms with Crippen LogP contribution in [0.3, 0.4) is 0 Å². The Hall–Kier alpha value is -1.83. The summed E-state index contributed by atoms with van der Waals surface area (Å²) in [7, 11) is 0. The molecular weight excluding hydrogens is 198 g/mol. The van der Waals surface area contributed by atoms with E-state index in [2.05, 4.69) is 42.3 Å². The SMILES string of the molecule is CC1C=CC=C(Cc2ccc(=O)[nH]c2)C=C1. The molecule has 0 fully saturated rings. The zero-order chi connectivity index (χ0) is 11.4. The summed E-state index contributed by atoms with van der Waals surface area (Å²) in [5, 5.41) is 0. The third-order valence-corrected chi connectivity index (χ3v) is 2.60. The normalized spacial score (nSPS) is 19.3. The molecule has 2 nitrogen and oxygen atoms in total. The van der Waals surface area contributed by atoms with Crippen molar-refractivity contribution in [3.8, 4) is 0 Å². The average Bonchev–Trinajstić information content (AvgIpc) is 2.47. The smallest absolute Gasteiger partial charge is 0.247 e. The molecule has 0 aliphatic heterocycles. The van der Waals surface area contributed by atoms with Crippen LogP contribution in [0.2, 0.25) is 0 Å². The summed E-state index contributed by atoms with van der Waals surface area (Å²) >= 11 is 0. The minimum atomic E-state index is -0.0531. The van der Waals surface area contributed by atoms with Crippen molar-refractivity contribution in [1.82, 2.24) is 4.98 Å². The molecular formula is C14H15NO. The zero-order valence-electron chi connectivity index (χ0n) is 9.31. The highest BCUT2D eigenvalue weighted by molar-refractivity contribution is 5.32. The van der Waals surface area contributed by atoms with E-state index in [0.717, 1.165) is 12.0 Å². The molecule has 1 atom stereocenters. The Morgan fingerprint density at radius 3 is 2.94 bits per heavy atom. The number of aromatic amines is 1. The Labute approximate surface area is 95.0 Å². The van der Waals surface area contributed by atoms with Crippen molar-refractivity contribution in [2.45, 2.75) is 13.3 Å². The second-order valence-corrected chi connectivity index (χ2v) is 4.08. The van der Waals surface area contributed by atoms with E-state index in [0.29, 0.717) is 5.92 Å². The van der Waals surface area contributed by atoms with E-state index in [1.165, 1.54) is 5.57 Å². The molecule has 0 spiro atoms. The maximum Gasteiger partial charge on any atom is 0.247 e. The number of aromatic nitrogens is 1. The molecule has 0 amide bonds. The van der Waals surface area contributed by atoms with Crippen LogP contribution < -0.4 is 5.56 Å². The number of hydrogen-bond donors (Lipinski definition) is 1. The molecule has 0 aromatic carbocycles. The van der Waals surface area contributed by atoms with E-state index >= 15 is 0 Å². The van der Waals surface area contributed by atoms with E-state index in [-0.39, 0.29) is 5.56 Å². The van der Waals surface area contributed by atoms with Gasteiger partial charge < -0.3 is 4.98 Å². The van der Waals surface area contributed by atoms with Gasteiger partial charge in [0.25, 0.3) is 0 Å². The number of allylic oxidation sites excluding steroid dienone is 6. The van der Waals surface area contributed by atoms with E-state index in [4.69, 9.17) is 0 Å². The highest BCUT2D eigenvalue weighted by Crippen LogP contribution is 2.13. The fourth-order valence-electron chi connectivity index (χ4n) is 1.66. The minimum absolute atomic E-state index is 0.0531. The summed E-state index contributed by atoms with van der Waals surface area (Å²) in [4.78, 5) is 13.6. The Balaban J connectivity index is 2.13. The van der Waals surface area contributed by atoms with Crippen LogP contribution in [-0.4, -0.2) is 4.98 Å². The monoisotopic (exact) mass is 213 g/mol. The maximum absolute atomic E-state index is 10.9. The molecule has 82 valence electrons. The second-order valence-electron chi connectivity index (χ2n) is 4.08. The van der Waals surface area contributed by atoms with E-state index in [9.17, 15) is 4.79 Å². The first kappa shape index (κ1) is 10.7. The maximum atomic E-state index is 10.9. The van der Waals surface area contributed by atoms with Gasteiger partial charge in [-0.1, -0.05) is 43.4 Å². The van der Waals surface area contributed by atoms with Gasteiger partial charge in [0, 0.05) is 12.3 Å². The molecule has 1 aliphatic carbocycles. The fraction of sp³-hybridized carbons (Fsp3) is 0.214. The van der Waals surface area contributed by atoms with E-state index < -0.39 is 0 Å². The third kappa shape index (κ3) is 2.83. The molecule has 0 saturated carbocycles. The van der Waals surface area contributed by atoms with Gasteiger partial charge in [-0.2, -0.15) is 0 Å². The second kappa shape index (κ2) is 4.79. The van der Waals surface area contributed by atoms with Crippen LogP contribution in [0.5, 0.6) is 0 Å². The van der Waals surface area contributed by atoms with E-state index in [1.807, 2.05) is 6.07 Å². The number of nitrogens with one attached hydrogen (secondary N) is 1. The molecule has 1 unspecified atom stereocenters. The van der Waals surface area contributed by atoms with Gasteiger partial charge in [-0.3, -0.25) is 4.79 Å². The molecule has 1 aliphatic rings. The molecule has 16 heavy (non-hydrogen) atoms. The van der Waals surface area contributed by atoms with Crippen LogP contribution in [0.25, 0.3) is 0 Å². The van der Waals surface area contributed by atoms with Gasteiger partial charge in [-0.15, -0.1) is 0 Å². The Morgan fingerprint density at radius 2 is 2.19 bits per heavy atom. The standard InChI is InChI=1S/C14H15NO/c1-11-3-2-4-12(6-5-11)9-13-7-8-14(16)15-10-13/h2-8,10-11H,9H2,1H3,(H,15,16). The predicted octanol–water partition coefficient (Wildman–Crippen LogP) is 2.61. The summed E-state index contributed by atoms with van der Waals surface area (Å²) in [5.41, 5.74) is 2.33. The molecule has 1 aromatic rings. The highest BCUT2D eigenvalue weighted by atomic mass is 16.1. The number of rotatable bonds is 2. The molecule has 2 heteroatoms. The number of H-pyrrole nitrogens is 1. The lowest BCUT2D eigenvalue weighted by Crippen LogP contribution is -2.03. The fourth-order valence-corrected chi connectivity index (χ4v) is 1.66. The lowest BCUT2D eigenvalue weighted by molar-refractivity contribution is 0.941. The van der Waals surface area contributed by atoms with Gasteiger partial charge in [0.2, 0.25) is 5.56 Å². The van der Waals surface area contributed by atoms with Crippen molar-refractivity contribution in [3.05, 3.63) is 70.2 Å². The third-order valence-electron chi connectivity index (χ3n) is 2.60. The summed E-state index contributed by atoms with van der Waals surface area (Å²) in [6, 6.07) is 3.43. The number of pyridine rings is 1. The van der Waals surface area contributed by atoms with Crippen LogP contribution in [0.1, 0.15) is 12.5 Å². The average molecular weight is 213 g/mol. The summed E-state index contributed by atoms with van der Waals surface area (Å²) < 4.78 is 0. The Morgan fingerprint density at radius 1 is 1.31 bits per heavy atom. The first-order chi connectivity index (χ1) is 7.74. The van der Waals surface area contributed by atoms with Crippen LogP contribution in [0, 0.1) is 5.92 Å². The molecule has 1 aromatic heterocycles. The van der Waals surface area contributed by atoms with Crippen molar-refractivity contribution in [2.24, 2.45) is 5.92 Å². The summed E-state index contributed by atoms with van der Waals surface area (Å²) in [6.07, 6.45) is 13.3. The van der Waals surface area contributed by atoms with Crippen LogP contribution in [0.4, 0.5) is 0 Å². The van der Waals surface area contributed by atoms with Crippen molar-refractivity contribution >= 4 is 0 Å².